The summed E-state index contributed by atoms with van der Waals surface area (Å²) in [5.41, 5.74) is 3.90. The van der Waals surface area contributed by atoms with Crippen molar-refractivity contribution in [2.45, 2.75) is 40.0 Å². The van der Waals surface area contributed by atoms with Crippen LogP contribution >= 0.6 is 15.9 Å². The van der Waals surface area contributed by atoms with Gasteiger partial charge in [0.05, 0.1) is 12.8 Å². The maximum atomic E-state index is 5.32. The highest BCUT2D eigenvalue weighted by atomic mass is 79.9. The monoisotopic (exact) mass is 430 g/mol. The first kappa shape index (κ1) is 19.7. The molecule has 3 aromatic rings. The Labute approximate surface area is 169 Å². The molecule has 0 bridgehead atoms. The highest BCUT2D eigenvalue weighted by molar-refractivity contribution is 9.10. The fraction of sp³-hybridized carbons (Fsp3) is 0.429. The van der Waals surface area contributed by atoms with Crippen molar-refractivity contribution in [3.63, 3.8) is 0 Å². The molecule has 0 fully saturated rings. The Hall–Kier alpha value is -2.08. The van der Waals surface area contributed by atoms with E-state index in [4.69, 9.17) is 9.72 Å². The summed E-state index contributed by atoms with van der Waals surface area (Å²) in [4.78, 5) is 12.1. The molecule has 5 nitrogen and oxygen atoms in total. The van der Waals surface area contributed by atoms with Gasteiger partial charge in [-0.05, 0) is 53.4 Å². The van der Waals surface area contributed by atoms with Crippen molar-refractivity contribution in [3.05, 3.63) is 40.8 Å². The third-order valence-electron chi connectivity index (χ3n) is 4.64. The van der Waals surface area contributed by atoms with Gasteiger partial charge in [-0.3, -0.25) is 9.38 Å². The largest absolute Gasteiger partial charge is 0.497 e. The van der Waals surface area contributed by atoms with Crippen LogP contribution in [-0.2, 0) is 6.42 Å². The van der Waals surface area contributed by atoms with Crippen LogP contribution in [0, 0.1) is 0 Å². The molecule has 0 spiro atoms. The first-order valence-corrected chi connectivity index (χ1v) is 10.4. The van der Waals surface area contributed by atoms with Gasteiger partial charge in [0.25, 0.3) is 0 Å². The molecule has 0 unspecified atom stereocenters. The van der Waals surface area contributed by atoms with Crippen LogP contribution < -0.4 is 9.64 Å². The number of halogens is 1. The Morgan fingerprint density at radius 3 is 2.48 bits per heavy atom. The second-order valence-electron chi connectivity index (χ2n) is 6.54. The van der Waals surface area contributed by atoms with Crippen LogP contribution in [0.15, 0.2) is 35.1 Å². The van der Waals surface area contributed by atoms with E-state index in [0.29, 0.717) is 0 Å². The molecular weight excluding hydrogens is 404 g/mol. The Balaban J connectivity index is 2.20. The van der Waals surface area contributed by atoms with Crippen LogP contribution in [-0.4, -0.2) is 34.6 Å². The molecule has 0 amide bonds. The van der Waals surface area contributed by atoms with E-state index in [2.05, 4.69) is 51.0 Å². The fourth-order valence-corrected chi connectivity index (χ4v) is 4.00. The second-order valence-corrected chi connectivity index (χ2v) is 7.39. The van der Waals surface area contributed by atoms with E-state index in [9.17, 15) is 0 Å². The van der Waals surface area contributed by atoms with Crippen molar-refractivity contribution in [2.75, 3.05) is 25.1 Å². The van der Waals surface area contributed by atoms with Crippen LogP contribution in [0.2, 0.25) is 0 Å². The standard InChI is InChI=1S/C21H27BrN4O/c1-5-11-25(12-6-2)21-18(7-3)24-20-19(23-10-13-26(20)21)16-9-8-15(27-4)14-17(16)22/h8-10,13-14H,5-7,11-12H2,1-4H3. The summed E-state index contributed by atoms with van der Waals surface area (Å²) >= 11 is 3.66. The molecule has 0 N–H and O–H groups in total. The van der Waals surface area contributed by atoms with E-state index < -0.39 is 0 Å². The average Bonchev–Trinajstić information content (AvgIpc) is 3.06. The van der Waals surface area contributed by atoms with Crippen molar-refractivity contribution in [3.8, 4) is 17.0 Å². The van der Waals surface area contributed by atoms with Crippen LogP contribution in [0.25, 0.3) is 16.9 Å². The summed E-state index contributed by atoms with van der Waals surface area (Å²) in [6, 6.07) is 5.95. The second kappa shape index (κ2) is 8.74. The summed E-state index contributed by atoms with van der Waals surface area (Å²) in [7, 11) is 1.67. The molecule has 1 aromatic carbocycles. The number of fused-ring (bicyclic) bond motifs is 1. The van der Waals surface area contributed by atoms with E-state index in [0.717, 1.165) is 65.2 Å². The SMILES string of the molecule is CCCN(CCC)c1c(CC)nc2c(-c3ccc(OC)cc3Br)nccn12. The molecule has 3 rings (SSSR count). The Bertz CT molecular complexity index is 916. The summed E-state index contributed by atoms with van der Waals surface area (Å²) in [6.07, 6.45) is 7.00. The smallest absolute Gasteiger partial charge is 0.165 e. The van der Waals surface area contributed by atoms with Crippen LogP contribution in [0.4, 0.5) is 5.82 Å². The molecule has 0 aliphatic rings. The van der Waals surface area contributed by atoms with Crippen molar-refractivity contribution < 1.29 is 4.74 Å². The van der Waals surface area contributed by atoms with Crippen LogP contribution in [0.3, 0.4) is 0 Å². The van der Waals surface area contributed by atoms with Gasteiger partial charge < -0.3 is 9.64 Å². The normalized spacial score (nSPS) is 11.1. The van der Waals surface area contributed by atoms with E-state index in [-0.39, 0.29) is 0 Å². The minimum atomic E-state index is 0.813. The first-order valence-electron chi connectivity index (χ1n) is 9.59. The number of aryl methyl sites for hydroxylation is 1. The van der Waals surface area contributed by atoms with Crippen molar-refractivity contribution >= 4 is 27.4 Å². The third-order valence-corrected chi connectivity index (χ3v) is 5.30. The molecule has 144 valence electrons. The molecule has 2 heterocycles. The first-order chi connectivity index (χ1) is 13.1. The summed E-state index contributed by atoms with van der Waals surface area (Å²) in [5, 5.41) is 0. The number of hydrogen-bond acceptors (Lipinski definition) is 4. The lowest BCUT2D eigenvalue weighted by Crippen LogP contribution is -2.27. The van der Waals surface area contributed by atoms with Gasteiger partial charge in [-0.25, -0.2) is 4.98 Å². The lowest BCUT2D eigenvalue weighted by molar-refractivity contribution is 0.414. The predicted molar refractivity (Wildman–Crippen MR) is 115 cm³/mol. The van der Waals surface area contributed by atoms with Crippen molar-refractivity contribution in [2.24, 2.45) is 0 Å². The molecule has 27 heavy (non-hydrogen) atoms. The van der Waals surface area contributed by atoms with Gasteiger partial charge >= 0.3 is 0 Å². The number of benzene rings is 1. The van der Waals surface area contributed by atoms with Gasteiger partial charge in [0, 0.05) is 35.5 Å². The minimum Gasteiger partial charge on any atom is -0.497 e. The zero-order valence-electron chi connectivity index (χ0n) is 16.5. The molecule has 0 saturated heterocycles. The third kappa shape index (κ3) is 3.81. The van der Waals surface area contributed by atoms with Crippen molar-refractivity contribution in [1.29, 1.82) is 0 Å². The number of rotatable bonds is 8. The predicted octanol–water partition coefficient (Wildman–Crippen LogP) is 5.36. The highest BCUT2D eigenvalue weighted by Gasteiger charge is 2.20. The molecule has 0 aliphatic carbocycles. The van der Waals surface area contributed by atoms with Crippen molar-refractivity contribution in [1.82, 2.24) is 14.4 Å². The Kier molecular flexibility index (Phi) is 6.37. The molecule has 2 aromatic heterocycles. The molecule has 0 saturated carbocycles. The summed E-state index contributed by atoms with van der Waals surface area (Å²) in [6.45, 7) is 8.66. The van der Waals surface area contributed by atoms with Gasteiger partial charge in [-0.15, -0.1) is 0 Å². The van der Waals surface area contributed by atoms with E-state index >= 15 is 0 Å². The van der Waals surface area contributed by atoms with Gasteiger partial charge in [0.2, 0.25) is 0 Å². The average molecular weight is 431 g/mol. The molecule has 0 atom stereocenters. The van der Waals surface area contributed by atoms with Crippen LogP contribution in [0.5, 0.6) is 5.75 Å². The Morgan fingerprint density at radius 2 is 1.89 bits per heavy atom. The van der Waals surface area contributed by atoms with E-state index in [1.54, 1.807) is 7.11 Å². The maximum absolute atomic E-state index is 5.32. The quantitative estimate of drug-likeness (QED) is 0.482. The molecular formula is C21H27BrN4O. The zero-order chi connectivity index (χ0) is 19.4. The Morgan fingerprint density at radius 1 is 1.15 bits per heavy atom. The van der Waals surface area contributed by atoms with Gasteiger partial charge in [-0.1, -0.05) is 20.8 Å². The topological polar surface area (TPSA) is 42.7 Å². The number of methoxy groups -OCH3 is 1. The fourth-order valence-electron chi connectivity index (χ4n) is 3.45. The van der Waals surface area contributed by atoms with Gasteiger partial charge in [0.15, 0.2) is 5.65 Å². The summed E-state index contributed by atoms with van der Waals surface area (Å²) < 4.78 is 8.47. The number of ether oxygens (including phenoxy) is 1. The van der Waals surface area contributed by atoms with E-state index in [1.165, 1.54) is 5.82 Å². The molecule has 0 aliphatic heterocycles. The zero-order valence-corrected chi connectivity index (χ0v) is 18.1. The molecule has 6 heteroatoms. The van der Waals surface area contributed by atoms with Gasteiger partial charge in [0.1, 0.15) is 17.3 Å². The number of nitrogens with zero attached hydrogens (tertiary/aromatic N) is 4. The number of imidazole rings is 1. The number of aromatic nitrogens is 3. The molecule has 0 radical (unpaired) electrons. The lowest BCUT2D eigenvalue weighted by atomic mass is 10.1. The van der Waals surface area contributed by atoms with Gasteiger partial charge in [-0.2, -0.15) is 0 Å². The van der Waals surface area contributed by atoms with Crippen LogP contribution in [0.1, 0.15) is 39.3 Å². The minimum absolute atomic E-state index is 0.813. The summed E-state index contributed by atoms with van der Waals surface area (Å²) in [5.74, 6) is 2.01. The lowest BCUT2D eigenvalue weighted by Gasteiger charge is -2.24. The number of hydrogen-bond donors (Lipinski definition) is 0. The van der Waals surface area contributed by atoms with E-state index in [1.807, 2.05) is 30.6 Å². The number of anilines is 1. The maximum Gasteiger partial charge on any atom is 0.165 e. The highest BCUT2D eigenvalue weighted by Crippen LogP contribution is 2.34.